The zero-order valence-corrected chi connectivity index (χ0v) is 8.42. The van der Waals surface area contributed by atoms with Gasteiger partial charge in [-0.2, -0.15) is 0 Å². The molecule has 2 heteroatoms. The third kappa shape index (κ3) is 1.27. The molecule has 2 aliphatic carbocycles. The van der Waals surface area contributed by atoms with Crippen LogP contribution in [0.5, 0.6) is 0 Å². The van der Waals surface area contributed by atoms with Crippen molar-refractivity contribution in [1.82, 2.24) is 0 Å². The highest BCUT2D eigenvalue weighted by Gasteiger charge is 2.52. The molecule has 13 heavy (non-hydrogen) atoms. The van der Waals surface area contributed by atoms with Crippen molar-refractivity contribution in [2.75, 3.05) is 0 Å². The molecule has 2 bridgehead atoms. The predicted molar refractivity (Wildman–Crippen MR) is 50.4 cm³/mol. The van der Waals surface area contributed by atoms with Gasteiger partial charge in [0.1, 0.15) is 0 Å². The Morgan fingerprint density at radius 2 is 2.15 bits per heavy atom. The Labute approximate surface area is 79.3 Å². The summed E-state index contributed by atoms with van der Waals surface area (Å²) in [4.78, 5) is 10.7. The van der Waals surface area contributed by atoms with Crippen molar-refractivity contribution >= 4 is 5.97 Å². The van der Waals surface area contributed by atoms with Crippen LogP contribution in [-0.4, -0.2) is 11.1 Å². The third-order valence-corrected chi connectivity index (χ3v) is 4.44. The lowest BCUT2D eigenvalue weighted by molar-refractivity contribution is -0.139. The molecular formula is C11H18O2. The van der Waals surface area contributed by atoms with Crippen LogP contribution in [-0.2, 0) is 4.79 Å². The van der Waals surface area contributed by atoms with E-state index in [4.69, 9.17) is 5.11 Å². The molecule has 0 amide bonds. The van der Waals surface area contributed by atoms with Gasteiger partial charge in [0.25, 0.3) is 0 Å². The Bertz CT molecular complexity index is 232. The molecule has 74 valence electrons. The van der Waals surface area contributed by atoms with E-state index in [9.17, 15) is 4.79 Å². The van der Waals surface area contributed by atoms with Gasteiger partial charge in [0.15, 0.2) is 0 Å². The first-order valence-electron chi connectivity index (χ1n) is 5.23. The summed E-state index contributed by atoms with van der Waals surface area (Å²) >= 11 is 0. The third-order valence-electron chi connectivity index (χ3n) is 4.44. The largest absolute Gasteiger partial charge is 0.481 e. The van der Waals surface area contributed by atoms with E-state index in [1.165, 1.54) is 19.3 Å². The molecule has 2 aliphatic rings. The minimum atomic E-state index is -0.620. The molecule has 0 unspecified atom stereocenters. The number of hydrogen-bond donors (Lipinski definition) is 1. The van der Waals surface area contributed by atoms with E-state index in [0.717, 1.165) is 5.92 Å². The standard InChI is InChI=1S/C11H18O2/c1-11(2)8-4-3-7(5-8)9(11)6-10(12)13/h7-9H,3-6H2,1-2H3,(H,12,13)/t7-,8-,9-/m0/s1. The normalized spacial score (nSPS) is 40.9. The van der Waals surface area contributed by atoms with Crippen LogP contribution in [0.2, 0.25) is 0 Å². The van der Waals surface area contributed by atoms with Gasteiger partial charge in [0.2, 0.25) is 0 Å². The van der Waals surface area contributed by atoms with E-state index in [1.807, 2.05) is 0 Å². The van der Waals surface area contributed by atoms with Crippen LogP contribution in [0.4, 0.5) is 0 Å². The Hall–Kier alpha value is -0.530. The fourth-order valence-corrected chi connectivity index (χ4v) is 3.59. The summed E-state index contributed by atoms with van der Waals surface area (Å²) in [6.07, 6.45) is 4.26. The van der Waals surface area contributed by atoms with E-state index in [0.29, 0.717) is 18.3 Å². The number of carbonyl (C=O) groups is 1. The minimum Gasteiger partial charge on any atom is -0.481 e. The molecular weight excluding hydrogens is 164 g/mol. The Kier molecular flexibility index (Phi) is 1.90. The number of carboxylic acids is 1. The minimum absolute atomic E-state index is 0.279. The average Bonchev–Trinajstić information content (AvgIpc) is 2.53. The van der Waals surface area contributed by atoms with Crippen LogP contribution in [0, 0.1) is 23.2 Å². The fourth-order valence-electron chi connectivity index (χ4n) is 3.59. The predicted octanol–water partition coefficient (Wildman–Crippen LogP) is 2.53. The molecule has 0 aromatic heterocycles. The summed E-state index contributed by atoms with van der Waals surface area (Å²) in [5.74, 6) is 1.31. The summed E-state index contributed by atoms with van der Waals surface area (Å²) < 4.78 is 0. The molecule has 2 saturated carbocycles. The van der Waals surface area contributed by atoms with Crippen LogP contribution in [0.3, 0.4) is 0 Å². The first-order valence-corrected chi connectivity index (χ1v) is 5.23. The molecule has 0 heterocycles. The topological polar surface area (TPSA) is 37.3 Å². The van der Waals surface area contributed by atoms with Crippen molar-refractivity contribution in [2.24, 2.45) is 23.2 Å². The van der Waals surface area contributed by atoms with Gasteiger partial charge in [-0.25, -0.2) is 0 Å². The van der Waals surface area contributed by atoms with Crippen molar-refractivity contribution in [3.8, 4) is 0 Å². The maximum absolute atomic E-state index is 10.7. The lowest BCUT2D eigenvalue weighted by Crippen LogP contribution is -2.32. The lowest BCUT2D eigenvalue weighted by atomic mass is 9.67. The van der Waals surface area contributed by atoms with Gasteiger partial charge in [-0.1, -0.05) is 13.8 Å². The summed E-state index contributed by atoms with van der Waals surface area (Å²) in [5, 5.41) is 8.83. The fraction of sp³-hybridized carbons (Fsp3) is 0.909. The smallest absolute Gasteiger partial charge is 0.303 e. The number of aliphatic carboxylic acids is 1. The molecule has 2 fully saturated rings. The van der Waals surface area contributed by atoms with E-state index in [2.05, 4.69) is 13.8 Å². The summed E-state index contributed by atoms with van der Waals surface area (Å²) in [6.45, 7) is 4.51. The Morgan fingerprint density at radius 1 is 1.46 bits per heavy atom. The highest BCUT2D eigenvalue weighted by atomic mass is 16.4. The maximum Gasteiger partial charge on any atom is 0.303 e. The average molecular weight is 182 g/mol. The second-order valence-electron chi connectivity index (χ2n) is 5.30. The van der Waals surface area contributed by atoms with Crippen LogP contribution in [0.25, 0.3) is 0 Å². The van der Waals surface area contributed by atoms with Crippen molar-refractivity contribution in [1.29, 1.82) is 0 Å². The van der Waals surface area contributed by atoms with Gasteiger partial charge in [-0.3, -0.25) is 4.79 Å². The molecule has 0 radical (unpaired) electrons. The molecule has 2 rings (SSSR count). The maximum atomic E-state index is 10.7. The van der Waals surface area contributed by atoms with Gasteiger partial charge < -0.3 is 5.11 Å². The van der Waals surface area contributed by atoms with E-state index >= 15 is 0 Å². The first-order chi connectivity index (χ1) is 6.01. The van der Waals surface area contributed by atoms with Crippen LogP contribution in [0.15, 0.2) is 0 Å². The van der Waals surface area contributed by atoms with Gasteiger partial charge in [-0.15, -0.1) is 0 Å². The SMILES string of the molecule is CC1(C)[C@H]2CC[C@@H](C2)[C@@H]1CC(=O)O. The molecule has 0 aromatic rings. The molecule has 0 aromatic carbocycles. The second kappa shape index (κ2) is 2.73. The van der Waals surface area contributed by atoms with Gasteiger partial charge >= 0.3 is 5.97 Å². The van der Waals surface area contributed by atoms with Crippen molar-refractivity contribution < 1.29 is 9.90 Å². The molecule has 1 N–H and O–H groups in total. The molecule has 0 saturated heterocycles. The van der Waals surface area contributed by atoms with Crippen LogP contribution in [0.1, 0.15) is 39.5 Å². The monoisotopic (exact) mass is 182 g/mol. The summed E-state index contributed by atoms with van der Waals surface area (Å²) in [5.41, 5.74) is 0.279. The Balaban J connectivity index is 2.14. The van der Waals surface area contributed by atoms with Crippen molar-refractivity contribution in [3.63, 3.8) is 0 Å². The number of carboxylic acid groups (broad SMARTS) is 1. The number of rotatable bonds is 2. The highest BCUT2D eigenvalue weighted by Crippen LogP contribution is 2.60. The quantitative estimate of drug-likeness (QED) is 0.712. The number of fused-ring (bicyclic) bond motifs is 2. The molecule has 2 nitrogen and oxygen atoms in total. The zero-order valence-electron chi connectivity index (χ0n) is 8.42. The van der Waals surface area contributed by atoms with E-state index < -0.39 is 5.97 Å². The Morgan fingerprint density at radius 3 is 2.62 bits per heavy atom. The molecule has 3 atom stereocenters. The van der Waals surface area contributed by atoms with Crippen LogP contribution < -0.4 is 0 Å². The van der Waals surface area contributed by atoms with Gasteiger partial charge in [-0.05, 0) is 42.4 Å². The van der Waals surface area contributed by atoms with Crippen molar-refractivity contribution in [2.45, 2.75) is 39.5 Å². The summed E-state index contributed by atoms with van der Waals surface area (Å²) in [7, 11) is 0. The number of hydrogen-bond acceptors (Lipinski definition) is 1. The first kappa shape index (κ1) is 9.04. The van der Waals surface area contributed by atoms with E-state index in [1.54, 1.807) is 0 Å². The lowest BCUT2D eigenvalue weighted by Gasteiger charge is -2.37. The van der Waals surface area contributed by atoms with Gasteiger partial charge in [0.05, 0.1) is 0 Å². The van der Waals surface area contributed by atoms with E-state index in [-0.39, 0.29) is 5.41 Å². The molecule has 0 spiro atoms. The van der Waals surface area contributed by atoms with Crippen molar-refractivity contribution in [3.05, 3.63) is 0 Å². The highest BCUT2D eigenvalue weighted by molar-refractivity contribution is 5.67. The summed E-state index contributed by atoms with van der Waals surface area (Å²) in [6, 6.07) is 0. The molecule has 0 aliphatic heterocycles. The van der Waals surface area contributed by atoms with Gasteiger partial charge in [0, 0.05) is 6.42 Å². The van der Waals surface area contributed by atoms with Crippen LogP contribution >= 0.6 is 0 Å². The zero-order chi connectivity index (χ0) is 9.64. The second-order valence-corrected chi connectivity index (χ2v) is 5.30.